The van der Waals surface area contributed by atoms with Crippen LogP contribution in [0, 0.1) is 0 Å². The van der Waals surface area contributed by atoms with Crippen LogP contribution in [0.25, 0.3) is 5.95 Å². The molecule has 3 heterocycles. The molecule has 3 aromatic rings. The van der Waals surface area contributed by atoms with Crippen molar-refractivity contribution in [2.75, 3.05) is 38.2 Å². The Hall–Kier alpha value is -3.86. The van der Waals surface area contributed by atoms with Gasteiger partial charge in [-0.15, -0.1) is 0 Å². The van der Waals surface area contributed by atoms with Crippen LogP contribution in [0.2, 0.25) is 5.15 Å². The predicted molar refractivity (Wildman–Crippen MR) is 157 cm³/mol. The normalized spacial score (nSPS) is 17.8. The van der Waals surface area contributed by atoms with Crippen LogP contribution >= 0.6 is 11.6 Å². The fourth-order valence-electron chi connectivity index (χ4n) is 5.60. The minimum atomic E-state index is -0.297. The average molecular weight is 581 g/mol. The van der Waals surface area contributed by atoms with E-state index >= 15 is 0 Å². The number of hydrogen-bond donors (Lipinski definition) is 2. The lowest BCUT2D eigenvalue weighted by Gasteiger charge is -2.42. The molecule has 0 bridgehead atoms. The van der Waals surface area contributed by atoms with Crippen LogP contribution in [0.1, 0.15) is 44.1 Å². The summed E-state index contributed by atoms with van der Waals surface area (Å²) < 4.78 is 7.11. The molecule has 218 valence electrons. The van der Waals surface area contributed by atoms with E-state index in [9.17, 15) is 9.59 Å². The maximum atomic E-state index is 13.2. The molecular formula is C29H37ClN8O3. The number of nitrogens with zero attached hydrogens (tertiary/aromatic N) is 6. The van der Waals surface area contributed by atoms with Crippen LogP contribution in [0.4, 0.5) is 10.6 Å². The molecule has 0 spiro atoms. The minimum Gasteiger partial charge on any atom is -0.496 e. The van der Waals surface area contributed by atoms with Crippen molar-refractivity contribution in [2.45, 2.75) is 57.0 Å². The van der Waals surface area contributed by atoms with E-state index in [1.165, 1.54) is 6.42 Å². The largest absolute Gasteiger partial charge is 0.496 e. The van der Waals surface area contributed by atoms with Gasteiger partial charge in [0.05, 0.1) is 13.2 Å². The standard InChI is InChI=1S/C29H37ClN8O3/c1-41-24-10-6-5-7-21(24)11-12-32-27(39)17-23-19-36(29(40)33-22-8-3-2-4-9-22)15-16-38(23)26-18-25(30)34-28(35-26)37-14-13-31-20-37/h5-7,10,13-14,18,20,22-23H,2-4,8-9,11-12,15-17,19H2,1H3,(H,32,39)(H,33,40). The van der Waals surface area contributed by atoms with Crippen LogP contribution in [0.5, 0.6) is 5.75 Å². The number of carbonyl (C=O) groups excluding carboxylic acids is 2. The van der Waals surface area contributed by atoms with Gasteiger partial charge in [-0.1, -0.05) is 49.1 Å². The highest BCUT2D eigenvalue weighted by Crippen LogP contribution is 2.25. The lowest BCUT2D eigenvalue weighted by atomic mass is 9.96. The number of nitrogens with one attached hydrogen (secondary N) is 2. The highest BCUT2D eigenvalue weighted by atomic mass is 35.5. The molecule has 3 amide bonds. The lowest BCUT2D eigenvalue weighted by Crippen LogP contribution is -2.59. The van der Waals surface area contributed by atoms with E-state index in [2.05, 4.69) is 25.5 Å². The summed E-state index contributed by atoms with van der Waals surface area (Å²) in [4.78, 5) is 43.4. The fraction of sp³-hybridized carbons (Fsp3) is 0.483. The monoisotopic (exact) mass is 580 g/mol. The summed E-state index contributed by atoms with van der Waals surface area (Å²) >= 11 is 6.40. The first-order valence-corrected chi connectivity index (χ1v) is 14.6. The molecule has 12 heteroatoms. The molecule has 0 radical (unpaired) electrons. The van der Waals surface area contributed by atoms with Gasteiger partial charge < -0.3 is 25.2 Å². The second kappa shape index (κ2) is 13.7. The van der Waals surface area contributed by atoms with Crippen molar-refractivity contribution in [3.05, 3.63) is 59.8 Å². The number of benzene rings is 1. The van der Waals surface area contributed by atoms with Gasteiger partial charge in [-0.3, -0.25) is 9.36 Å². The van der Waals surface area contributed by atoms with Gasteiger partial charge in [0.2, 0.25) is 11.9 Å². The Morgan fingerprint density at radius 3 is 2.73 bits per heavy atom. The summed E-state index contributed by atoms with van der Waals surface area (Å²) in [5.74, 6) is 1.70. The van der Waals surface area contributed by atoms with Crippen LogP contribution in [0.15, 0.2) is 49.1 Å². The van der Waals surface area contributed by atoms with E-state index in [0.717, 1.165) is 37.0 Å². The highest BCUT2D eigenvalue weighted by molar-refractivity contribution is 6.29. The SMILES string of the molecule is COc1ccccc1CCNC(=O)CC1CN(C(=O)NC2CCCCC2)CCN1c1cc(Cl)nc(-n2ccnc2)n1. The van der Waals surface area contributed by atoms with E-state index in [1.54, 1.807) is 36.5 Å². The quantitative estimate of drug-likeness (QED) is 0.371. The number of piperazine rings is 1. The third-order valence-electron chi connectivity index (χ3n) is 7.73. The molecule has 11 nitrogen and oxygen atoms in total. The summed E-state index contributed by atoms with van der Waals surface area (Å²) in [6, 6.07) is 9.33. The highest BCUT2D eigenvalue weighted by Gasteiger charge is 2.33. The Labute approximate surface area is 245 Å². The first kappa shape index (κ1) is 28.7. The Balaban J connectivity index is 1.29. The summed E-state index contributed by atoms with van der Waals surface area (Å²) in [5, 5.41) is 6.55. The summed E-state index contributed by atoms with van der Waals surface area (Å²) in [6.45, 7) is 1.88. The number of para-hydroxylation sites is 1. The number of aromatic nitrogens is 4. The molecule has 1 atom stereocenters. The van der Waals surface area contributed by atoms with Gasteiger partial charge in [0, 0.05) is 57.1 Å². The van der Waals surface area contributed by atoms with Gasteiger partial charge >= 0.3 is 6.03 Å². The Morgan fingerprint density at radius 2 is 1.95 bits per heavy atom. The zero-order chi connectivity index (χ0) is 28.6. The lowest BCUT2D eigenvalue weighted by molar-refractivity contribution is -0.121. The van der Waals surface area contributed by atoms with Gasteiger partial charge in [-0.05, 0) is 30.9 Å². The zero-order valence-electron chi connectivity index (χ0n) is 23.3. The Kier molecular flexibility index (Phi) is 9.55. The van der Waals surface area contributed by atoms with Crippen molar-refractivity contribution < 1.29 is 14.3 Å². The summed E-state index contributed by atoms with van der Waals surface area (Å²) in [6.07, 6.45) is 11.4. The van der Waals surface area contributed by atoms with E-state index < -0.39 is 0 Å². The average Bonchev–Trinajstić information content (AvgIpc) is 3.53. The third-order valence-corrected chi connectivity index (χ3v) is 7.93. The number of amides is 3. The van der Waals surface area contributed by atoms with Crippen LogP contribution in [0.3, 0.4) is 0 Å². The smallest absolute Gasteiger partial charge is 0.317 e. The van der Waals surface area contributed by atoms with Crippen molar-refractivity contribution in [1.82, 2.24) is 35.1 Å². The second-order valence-corrected chi connectivity index (χ2v) is 10.9. The number of anilines is 1. The van der Waals surface area contributed by atoms with E-state index in [1.807, 2.05) is 29.2 Å². The summed E-state index contributed by atoms with van der Waals surface area (Å²) in [7, 11) is 1.64. The molecular weight excluding hydrogens is 544 g/mol. The fourth-order valence-corrected chi connectivity index (χ4v) is 5.77. The minimum absolute atomic E-state index is 0.0713. The summed E-state index contributed by atoms with van der Waals surface area (Å²) in [5.41, 5.74) is 1.03. The number of carbonyl (C=O) groups is 2. The van der Waals surface area contributed by atoms with E-state index in [0.29, 0.717) is 44.4 Å². The van der Waals surface area contributed by atoms with E-state index in [4.69, 9.17) is 21.3 Å². The van der Waals surface area contributed by atoms with Crippen molar-refractivity contribution >= 4 is 29.4 Å². The molecule has 1 unspecified atom stereocenters. The van der Waals surface area contributed by atoms with Gasteiger partial charge in [-0.2, -0.15) is 4.98 Å². The molecule has 1 saturated carbocycles. The zero-order valence-corrected chi connectivity index (χ0v) is 24.1. The number of rotatable bonds is 9. The van der Waals surface area contributed by atoms with Crippen molar-refractivity contribution in [3.8, 4) is 11.7 Å². The molecule has 2 aromatic heterocycles. The molecule has 2 fully saturated rings. The second-order valence-electron chi connectivity index (χ2n) is 10.5. The third kappa shape index (κ3) is 7.46. The number of hydrogen-bond acceptors (Lipinski definition) is 7. The van der Waals surface area contributed by atoms with Crippen molar-refractivity contribution in [1.29, 1.82) is 0 Å². The van der Waals surface area contributed by atoms with Crippen molar-refractivity contribution in [3.63, 3.8) is 0 Å². The van der Waals surface area contributed by atoms with Gasteiger partial charge in [0.15, 0.2) is 0 Å². The van der Waals surface area contributed by atoms with Crippen LogP contribution in [-0.2, 0) is 11.2 Å². The molecule has 1 aliphatic carbocycles. The molecule has 41 heavy (non-hydrogen) atoms. The Bertz CT molecular complexity index is 1320. The van der Waals surface area contributed by atoms with E-state index in [-0.39, 0.29) is 35.6 Å². The maximum absolute atomic E-state index is 13.2. The van der Waals surface area contributed by atoms with Crippen molar-refractivity contribution in [2.24, 2.45) is 0 Å². The van der Waals surface area contributed by atoms with Crippen LogP contribution in [-0.4, -0.2) is 81.7 Å². The molecule has 1 aliphatic heterocycles. The number of ether oxygens (including phenoxy) is 1. The molecule has 2 aliphatic rings. The van der Waals surface area contributed by atoms with Gasteiger partial charge in [0.25, 0.3) is 0 Å². The maximum Gasteiger partial charge on any atom is 0.317 e. The van der Waals surface area contributed by atoms with Crippen LogP contribution < -0.4 is 20.3 Å². The molecule has 1 saturated heterocycles. The Morgan fingerprint density at radius 1 is 1.12 bits per heavy atom. The molecule has 1 aromatic carbocycles. The predicted octanol–water partition coefficient (Wildman–Crippen LogP) is 3.61. The molecule has 2 N–H and O–H groups in total. The van der Waals surface area contributed by atoms with Gasteiger partial charge in [0.1, 0.15) is 23.0 Å². The topological polar surface area (TPSA) is 118 Å². The number of methoxy groups -OCH3 is 1. The number of urea groups is 1. The van der Waals surface area contributed by atoms with Gasteiger partial charge in [-0.25, -0.2) is 14.8 Å². The molecule has 5 rings (SSSR count). The number of imidazole rings is 1. The first-order valence-electron chi connectivity index (χ1n) is 14.2. The number of halogens is 1. The first-order chi connectivity index (χ1) is 20.0.